The first-order valence-electron chi connectivity index (χ1n) is 8.80. The standard InChI is InChI=1S/C18H25N5O2/c1-5-25-17-7-6-16(20-21-17)23-14(4)15(9-19-23)18(24)22-10-12(2)8-13(3)11-22/h6-7,9,12-13H,5,8,10-11H2,1-4H3/t12-,13+. The zero-order valence-electron chi connectivity index (χ0n) is 15.3. The minimum Gasteiger partial charge on any atom is -0.477 e. The van der Waals surface area contributed by atoms with E-state index in [1.807, 2.05) is 18.7 Å². The summed E-state index contributed by atoms with van der Waals surface area (Å²) >= 11 is 0. The van der Waals surface area contributed by atoms with E-state index in [2.05, 4.69) is 29.1 Å². The zero-order chi connectivity index (χ0) is 18.0. The van der Waals surface area contributed by atoms with Gasteiger partial charge in [-0.2, -0.15) is 5.10 Å². The highest BCUT2D eigenvalue weighted by atomic mass is 16.5. The summed E-state index contributed by atoms with van der Waals surface area (Å²) < 4.78 is 6.95. The van der Waals surface area contributed by atoms with Crippen LogP contribution in [0.1, 0.15) is 43.2 Å². The van der Waals surface area contributed by atoms with Crippen LogP contribution >= 0.6 is 0 Å². The Kier molecular flexibility index (Phi) is 5.01. The predicted molar refractivity (Wildman–Crippen MR) is 93.9 cm³/mol. The van der Waals surface area contributed by atoms with E-state index in [9.17, 15) is 4.79 Å². The maximum absolute atomic E-state index is 12.9. The van der Waals surface area contributed by atoms with Crippen molar-refractivity contribution in [1.29, 1.82) is 0 Å². The molecule has 1 aliphatic heterocycles. The number of piperidine rings is 1. The third-order valence-electron chi connectivity index (χ3n) is 4.53. The van der Waals surface area contributed by atoms with E-state index in [1.54, 1.807) is 23.0 Å². The van der Waals surface area contributed by atoms with E-state index in [4.69, 9.17) is 4.74 Å². The lowest BCUT2D eigenvalue weighted by Crippen LogP contribution is -2.42. The van der Waals surface area contributed by atoms with Crippen molar-refractivity contribution in [2.45, 2.75) is 34.1 Å². The van der Waals surface area contributed by atoms with Gasteiger partial charge in [0.05, 0.1) is 24.1 Å². The quantitative estimate of drug-likeness (QED) is 0.853. The van der Waals surface area contributed by atoms with Crippen LogP contribution in [-0.2, 0) is 0 Å². The first kappa shape index (κ1) is 17.4. The molecule has 1 aliphatic rings. The molecule has 3 heterocycles. The topological polar surface area (TPSA) is 73.1 Å². The molecule has 7 nitrogen and oxygen atoms in total. The van der Waals surface area contributed by atoms with Gasteiger partial charge in [0.15, 0.2) is 5.82 Å². The molecule has 2 atom stereocenters. The van der Waals surface area contributed by atoms with Crippen molar-refractivity contribution in [2.24, 2.45) is 11.8 Å². The van der Waals surface area contributed by atoms with Gasteiger partial charge in [0.2, 0.25) is 5.88 Å². The maximum Gasteiger partial charge on any atom is 0.257 e. The summed E-state index contributed by atoms with van der Waals surface area (Å²) in [5, 5.41) is 12.5. The lowest BCUT2D eigenvalue weighted by Gasteiger charge is -2.34. The number of carbonyl (C=O) groups is 1. The van der Waals surface area contributed by atoms with Crippen LogP contribution in [0.2, 0.25) is 0 Å². The molecule has 0 radical (unpaired) electrons. The van der Waals surface area contributed by atoms with Crippen LogP contribution in [0.4, 0.5) is 0 Å². The number of nitrogens with zero attached hydrogens (tertiary/aromatic N) is 5. The second kappa shape index (κ2) is 7.21. The third kappa shape index (κ3) is 3.65. The Morgan fingerprint density at radius 1 is 1.24 bits per heavy atom. The van der Waals surface area contributed by atoms with Gasteiger partial charge in [0, 0.05) is 19.2 Å². The van der Waals surface area contributed by atoms with Gasteiger partial charge in [0.25, 0.3) is 5.91 Å². The van der Waals surface area contributed by atoms with Crippen molar-refractivity contribution in [3.05, 3.63) is 29.6 Å². The predicted octanol–water partition coefficient (Wildman–Crippen LogP) is 2.49. The molecule has 2 aromatic rings. The number of amides is 1. The van der Waals surface area contributed by atoms with Crippen LogP contribution < -0.4 is 4.74 Å². The van der Waals surface area contributed by atoms with Gasteiger partial charge in [-0.25, -0.2) is 4.68 Å². The molecule has 0 bridgehead atoms. The van der Waals surface area contributed by atoms with E-state index >= 15 is 0 Å². The molecular weight excluding hydrogens is 318 g/mol. The Labute approximate surface area is 148 Å². The molecule has 1 fully saturated rings. The molecule has 1 saturated heterocycles. The summed E-state index contributed by atoms with van der Waals surface area (Å²) in [7, 11) is 0. The number of carbonyl (C=O) groups excluding carboxylic acids is 1. The van der Waals surface area contributed by atoms with Crippen LogP contribution in [0.5, 0.6) is 5.88 Å². The van der Waals surface area contributed by atoms with Gasteiger partial charge in [0.1, 0.15) is 0 Å². The molecule has 0 spiro atoms. The van der Waals surface area contributed by atoms with Gasteiger partial charge in [-0.05, 0) is 38.2 Å². The summed E-state index contributed by atoms with van der Waals surface area (Å²) in [6, 6.07) is 3.54. The second-order valence-corrected chi connectivity index (χ2v) is 6.87. The van der Waals surface area contributed by atoms with Crippen LogP contribution in [0.25, 0.3) is 5.82 Å². The largest absolute Gasteiger partial charge is 0.477 e. The van der Waals surface area contributed by atoms with Crippen molar-refractivity contribution < 1.29 is 9.53 Å². The number of ether oxygens (including phenoxy) is 1. The van der Waals surface area contributed by atoms with Crippen LogP contribution in [0.3, 0.4) is 0 Å². The Morgan fingerprint density at radius 2 is 1.96 bits per heavy atom. The minimum absolute atomic E-state index is 0.0426. The first-order chi connectivity index (χ1) is 12.0. The molecule has 1 amide bonds. The average molecular weight is 343 g/mol. The molecule has 3 rings (SSSR count). The molecule has 25 heavy (non-hydrogen) atoms. The van der Waals surface area contributed by atoms with Crippen LogP contribution in [0.15, 0.2) is 18.3 Å². The summed E-state index contributed by atoms with van der Waals surface area (Å²) in [6.07, 6.45) is 2.80. The van der Waals surface area contributed by atoms with Crippen molar-refractivity contribution in [3.63, 3.8) is 0 Å². The normalized spacial score (nSPS) is 20.6. The monoisotopic (exact) mass is 343 g/mol. The molecule has 0 aliphatic carbocycles. The van der Waals surface area contributed by atoms with Gasteiger partial charge in [-0.3, -0.25) is 4.79 Å². The number of hydrogen-bond donors (Lipinski definition) is 0. The molecule has 2 aromatic heterocycles. The highest BCUT2D eigenvalue weighted by molar-refractivity contribution is 5.95. The lowest BCUT2D eigenvalue weighted by atomic mass is 9.91. The Hall–Kier alpha value is -2.44. The van der Waals surface area contributed by atoms with Crippen molar-refractivity contribution in [2.75, 3.05) is 19.7 Å². The summed E-state index contributed by atoms with van der Waals surface area (Å²) in [5.74, 6) is 2.14. The number of likely N-dealkylation sites (tertiary alicyclic amines) is 1. The molecule has 0 aromatic carbocycles. The van der Waals surface area contributed by atoms with Crippen molar-refractivity contribution in [1.82, 2.24) is 24.9 Å². The molecule has 0 N–H and O–H groups in total. The number of aromatic nitrogens is 4. The van der Waals surface area contributed by atoms with E-state index < -0.39 is 0 Å². The zero-order valence-corrected chi connectivity index (χ0v) is 15.3. The fourth-order valence-corrected chi connectivity index (χ4v) is 3.50. The highest BCUT2D eigenvalue weighted by Crippen LogP contribution is 2.24. The van der Waals surface area contributed by atoms with Gasteiger partial charge in [-0.15, -0.1) is 10.2 Å². The third-order valence-corrected chi connectivity index (χ3v) is 4.53. The minimum atomic E-state index is 0.0426. The maximum atomic E-state index is 12.9. The second-order valence-electron chi connectivity index (χ2n) is 6.87. The van der Waals surface area contributed by atoms with Gasteiger partial charge >= 0.3 is 0 Å². The lowest BCUT2D eigenvalue weighted by molar-refractivity contribution is 0.0622. The highest BCUT2D eigenvalue weighted by Gasteiger charge is 2.28. The summed E-state index contributed by atoms with van der Waals surface area (Å²) in [4.78, 5) is 14.9. The van der Waals surface area contributed by atoms with Crippen LogP contribution in [-0.4, -0.2) is 50.5 Å². The van der Waals surface area contributed by atoms with E-state index in [0.717, 1.165) is 18.8 Å². The number of rotatable bonds is 4. The summed E-state index contributed by atoms with van der Waals surface area (Å²) in [6.45, 7) is 10.3. The van der Waals surface area contributed by atoms with E-state index in [-0.39, 0.29) is 5.91 Å². The van der Waals surface area contributed by atoms with Gasteiger partial charge in [-0.1, -0.05) is 13.8 Å². The summed E-state index contributed by atoms with van der Waals surface area (Å²) in [5.41, 5.74) is 1.39. The van der Waals surface area contributed by atoms with Crippen molar-refractivity contribution in [3.8, 4) is 11.7 Å². The first-order valence-corrected chi connectivity index (χ1v) is 8.80. The molecule has 134 valence electrons. The Morgan fingerprint density at radius 3 is 2.56 bits per heavy atom. The molecular formula is C18H25N5O2. The Bertz CT molecular complexity index is 730. The fraction of sp³-hybridized carbons (Fsp3) is 0.556. The van der Waals surface area contributed by atoms with E-state index in [1.165, 1.54) is 6.42 Å². The van der Waals surface area contributed by atoms with Gasteiger partial charge < -0.3 is 9.64 Å². The fourth-order valence-electron chi connectivity index (χ4n) is 3.50. The molecule has 0 unspecified atom stereocenters. The average Bonchev–Trinajstić information content (AvgIpc) is 2.96. The van der Waals surface area contributed by atoms with Crippen molar-refractivity contribution >= 4 is 5.91 Å². The van der Waals surface area contributed by atoms with E-state index in [0.29, 0.717) is 35.7 Å². The molecule has 0 saturated carbocycles. The number of hydrogen-bond acceptors (Lipinski definition) is 5. The van der Waals surface area contributed by atoms with Crippen LogP contribution in [0, 0.1) is 18.8 Å². The SMILES string of the molecule is CCOc1ccc(-n2ncc(C(=O)N3C[C@H](C)C[C@H](C)C3)c2C)nn1. The smallest absolute Gasteiger partial charge is 0.257 e. The molecule has 7 heteroatoms. The Balaban J connectivity index is 1.82.